The molecule has 6 heteroatoms. The van der Waals surface area contributed by atoms with Gasteiger partial charge in [0.05, 0.1) is 28.4 Å². The van der Waals surface area contributed by atoms with Crippen LogP contribution in [-0.4, -0.2) is 34.4 Å². The molecule has 0 fully saturated rings. The van der Waals surface area contributed by atoms with Crippen molar-refractivity contribution in [1.29, 1.82) is 0 Å². The van der Waals surface area contributed by atoms with Crippen molar-refractivity contribution in [3.05, 3.63) is 35.4 Å². The molecule has 2 rings (SSSR count). The van der Waals surface area contributed by atoms with Crippen molar-refractivity contribution < 1.29 is 28.5 Å². The molecule has 0 aliphatic rings. The fourth-order valence-corrected chi connectivity index (χ4v) is 3.27. The van der Waals surface area contributed by atoms with Gasteiger partial charge in [0.15, 0.2) is 29.1 Å². The smallest absolute Gasteiger partial charge is 0.304 e. The maximum Gasteiger partial charge on any atom is 0.304 e. The van der Waals surface area contributed by atoms with Crippen LogP contribution in [0.15, 0.2) is 24.3 Å². The molecule has 0 bridgehead atoms. The van der Waals surface area contributed by atoms with Gasteiger partial charge < -0.3 is 23.7 Å². The number of benzene rings is 2. The van der Waals surface area contributed by atoms with Gasteiger partial charge in [0.25, 0.3) is 0 Å². The lowest BCUT2D eigenvalue weighted by Gasteiger charge is -2.24. The topological polar surface area (TPSA) is 63.2 Å². The molecule has 156 valence electrons. The van der Waals surface area contributed by atoms with Crippen LogP contribution in [0.25, 0.3) is 11.1 Å². The summed E-state index contributed by atoms with van der Waals surface area (Å²) in [7, 11) is 6.10. The van der Waals surface area contributed by atoms with Crippen LogP contribution in [0.5, 0.6) is 23.0 Å². The molecule has 0 N–H and O–H groups in total. The van der Waals surface area contributed by atoms with Gasteiger partial charge in [0, 0.05) is 30.0 Å². The van der Waals surface area contributed by atoms with Crippen LogP contribution in [0, 0.1) is 24.7 Å². The van der Waals surface area contributed by atoms with E-state index in [-0.39, 0.29) is 0 Å². The Kier molecular flexibility index (Phi) is 7.61. The molecular weight excluding hydrogens is 384 g/mol. The molecule has 0 unspecified atom stereocenters. The molecule has 2 aromatic carbocycles. The Hall–Kier alpha value is -3.77. The van der Waals surface area contributed by atoms with E-state index in [0.717, 1.165) is 5.56 Å². The normalized spacial score (nSPS) is 10.9. The predicted octanol–water partition coefficient (Wildman–Crippen LogP) is 3.80. The van der Waals surface area contributed by atoms with E-state index in [0.29, 0.717) is 46.1 Å². The first-order valence-corrected chi connectivity index (χ1v) is 9.03. The molecule has 0 saturated carbocycles. The third kappa shape index (κ3) is 4.29. The summed E-state index contributed by atoms with van der Waals surface area (Å²) in [6.45, 7) is 1.29. The Labute approximate surface area is 177 Å². The number of rotatable bonds is 8. The Morgan fingerprint density at radius 1 is 0.900 bits per heavy atom. The molecule has 0 heterocycles. The van der Waals surface area contributed by atoms with E-state index >= 15 is 0 Å². The largest absolute Gasteiger partial charge is 0.493 e. The lowest BCUT2D eigenvalue weighted by Crippen LogP contribution is -2.10. The SMILES string of the molecule is C#CCc1ccc(OC)c(OC)c1-c1c([C@H](C#C)OC(C)=O)ccc(OC)c1OC. The number of terminal acetylenes is 2. The Morgan fingerprint density at radius 2 is 1.47 bits per heavy atom. The molecule has 0 aliphatic carbocycles. The highest BCUT2D eigenvalue weighted by Crippen LogP contribution is 2.50. The third-order valence-electron chi connectivity index (χ3n) is 4.47. The van der Waals surface area contributed by atoms with Crippen molar-refractivity contribution >= 4 is 5.97 Å². The molecule has 1 atom stereocenters. The highest BCUT2D eigenvalue weighted by atomic mass is 16.5. The van der Waals surface area contributed by atoms with Gasteiger partial charge in [-0.15, -0.1) is 18.8 Å². The number of carbonyl (C=O) groups is 1. The average Bonchev–Trinajstić information content (AvgIpc) is 2.76. The molecule has 0 saturated heterocycles. The number of hydrogen-bond acceptors (Lipinski definition) is 6. The lowest BCUT2D eigenvalue weighted by molar-refractivity contribution is -0.144. The van der Waals surface area contributed by atoms with Gasteiger partial charge in [-0.1, -0.05) is 12.0 Å². The van der Waals surface area contributed by atoms with E-state index in [9.17, 15) is 4.79 Å². The van der Waals surface area contributed by atoms with Crippen molar-refractivity contribution in [2.45, 2.75) is 19.4 Å². The second kappa shape index (κ2) is 10.1. The van der Waals surface area contributed by atoms with Crippen LogP contribution in [-0.2, 0) is 16.0 Å². The number of ether oxygens (including phenoxy) is 5. The molecule has 0 radical (unpaired) electrons. The Morgan fingerprint density at radius 3 is 1.93 bits per heavy atom. The van der Waals surface area contributed by atoms with Crippen LogP contribution in [0.1, 0.15) is 24.2 Å². The van der Waals surface area contributed by atoms with Crippen LogP contribution in [0.3, 0.4) is 0 Å². The van der Waals surface area contributed by atoms with Crippen molar-refractivity contribution in [2.75, 3.05) is 28.4 Å². The minimum absolute atomic E-state index is 0.309. The summed E-state index contributed by atoms with van der Waals surface area (Å²) in [4.78, 5) is 11.7. The Balaban J connectivity index is 3.03. The van der Waals surface area contributed by atoms with Gasteiger partial charge in [-0.05, 0) is 23.8 Å². The van der Waals surface area contributed by atoms with E-state index < -0.39 is 12.1 Å². The summed E-state index contributed by atoms with van der Waals surface area (Å²) in [5.74, 6) is 6.45. The van der Waals surface area contributed by atoms with Gasteiger partial charge in [0.2, 0.25) is 0 Å². The predicted molar refractivity (Wildman–Crippen MR) is 114 cm³/mol. The lowest BCUT2D eigenvalue weighted by atomic mass is 9.89. The quantitative estimate of drug-likeness (QED) is 0.489. The zero-order chi connectivity index (χ0) is 22.3. The molecule has 0 aromatic heterocycles. The summed E-state index contributed by atoms with van der Waals surface area (Å²) < 4.78 is 27.7. The van der Waals surface area contributed by atoms with E-state index in [1.165, 1.54) is 35.4 Å². The summed E-state index contributed by atoms with van der Waals surface area (Å²) >= 11 is 0. The first kappa shape index (κ1) is 22.5. The fourth-order valence-electron chi connectivity index (χ4n) is 3.27. The van der Waals surface area contributed by atoms with Crippen molar-refractivity contribution in [3.8, 4) is 58.8 Å². The molecule has 0 aliphatic heterocycles. The van der Waals surface area contributed by atoms with E-state index in [1.54, 1.807) is 18.2 Å². The maximum absolute atomic E-state index is 11.7. The zero-order valence-corrected chi connectivity index (χ0v) is 17.7. The first-order chi connectivity index (χ1) is 14.5. The van der Waals surface area contributed by atoms with Crippen LogP contribution in [0.4, 0.5) is 0 Å². The molecule has 2 aromatic rings. The fraction of sp³-hybridized carbons (Fsp3) is 0.292. The van der Waals surface area contributed by atoms with Crippen molar-refractivity contribution in [3.63, 3.8) is 0 Å². The van der Waals surface area contributed by atoms with Gasteiger partial charge in [-0.3, -0.25) is 4.79 Å². The molecule has 30 heavy (non-hydrogen) atoms. The van der Waals surface area contributed by atoms with E-state index in [1.807, 2.05) is 6.07 Å². The summed E-state index contributed by atoms with van der Waals surface area (Å²) in [5, 5.41) is 0. The van der Waals surface area contributed by atoms with Crippen LogP contribution < -0.4 is 18.9 Å². The van der Waals surface area contributed by atoms with Gasteiger partial charge >= 0.3 is 5.97 Å². The van der Waals surface area contributed by atoms with E-state index in [2.05, 4.69) is 11.8 Å². The molecular formula is C24H24O6. The zero-order valence-electron chi connectivity index (χ0n) is 17.7. The van der Waals surface area contributed by atoms with Crippen molar-refractivity contribution in [2.24, 2.45) is 0 Å². The summed E-state index contributed by atoms with van der Waals surface area (Å²) in [5.41, 5.74) is 2.46. The minimum Gasteiger partial charge on any atom is -0.493 e. The van der Waals surface area contributed by atoms with Gasteiger partial charge in [-0.2, -0.15) is 0 Å². The second-order valence-corrected chi connectivity index (χ2v) is 6.14. The van der Waals surface area contributed by atoms with Crippen molar-refractivity contribution in [1.82, 2.24) is 0 Å². The Bertz CT molecular complexity index is 1010. The standard InChI is InChI=1S/C24H24O6/c1-8-10-16-11-13-19(26-4)23(28-6)21(16)22-17(18(9-2)30-15(3)25)12-14-20(27-5)24(22)29-7/h1-2,11-14,18H,10H2,3-7H3/t18-/m0/s1. The third-order valence-corrected chi connectivity index (χ3v) is 4.47. The summed E-state index contributed by atoms with van der Waals surface area (Å²) in [6.07, 6.45) is 10.6. The first-order valence-electron chi connectivity index (χ1n) is 9.03. The number of carbonyl (C=O) groups excluding carboxylic acids is 1. The number of hydrogen-bond donors (Lipinski definition) is 0. The minimum atomic E-state index is -0.966. The second-order valence-electron chi connectivity index (χ2n) is 6.14. The van der Waals surface area contributed by atoms with Crippen LogP contribution >= 0.6 is 0 Å². The number of esters is 1. The highest BCUT2D eigenvalue weighted by molar-refractivity contribution is 5.86. The van der Waals surface area contributed by atoms with Crippen LogP contribution in [0.2, 0.25) is 0 Å². The van der Waals surface area contributed by atoms with Gasteiger partial charge in [-0.25, -0.2) is 0 Å². The summed E-state index contributed by atoms with van der Waals surface area (Å²) in [6, 6.07) is 7.03. The number of methoxy groups -OCH3 is 4. The van der Waals surface area contributed by atoms with Gasteiger partial charge in [0.1, 0.15) is 0 Å². The monoisotopic (exact) mass is 408 g/mol. The van der Waals surface area contributed by atoms with E-state index in [4.69, 9.17) is 36.5 Å². The highest BCUT2D eigenvalue weighted by Gasteiger charge is 2.28. The molecule has 6 nitrogen and oxygen atoms in total. The average molecular weight is 408 g/mol. The molecule has 0 amide bonds. The molecule has 0 spiro atoms. The maximum atomic E-state index is 11.7.